The first-order valence-electron chi connectivity index (χ1n) is 35.4. The lowest BCUT2D eigenvalue weighted by Crippen LogP contribution is -2.14. The molecule has 0 aliphatic heterocycles. The van der Waals surface area contributed by atoms with Crippen LogP contribution in [0, 0.1) is 0 Å². The second kappa shape index (κ2) is 22.8. The van der Waals surface area contributed by atoms with Crippen molar-refractivity contribution in [3.8, 4) is 73.3 Å². The van der Waals surface area contributed by atoms with E-state index in [0.29, 0.717) is 11.5 Å². The van der Waals surface area contributed by atoms with Gasteiger partial charge in [0.05, 0.1) is 56.4 Å². The Morgan fingerprint density at radius 1 is 0.272 bits per heavy atom. The summed E-state index contributed by atoms with van der Waals surface area (Å²) in [5.41, 5.74) is 24.5. The maximum absolute atomic E-state index is 5.29. The van der Waals surface area contributed by atoms with Crippen LogP contribution in [-0.4, -0.2) is 28.7 Å². The minimum atomic E-state index is -0.322. The Hall–Kier alpha value is -13.5. The van der Waals surface area contributed by atoms with Crippen LogP contribution in [0.1, 0.15) is 25.0 Å². The van der Waals surface area contributed by atoms with Crippen molar-refractivity contribution in [2.45, 2.75) is 19.3 Å². The normalized spacial score (nSPS) is 12.6. The van der Waals surface area contributed by atoms with Gasteiger partial charge in [-0.3, -0.25) is 4.98 Å². The molecule has 21 rings (SSSR count). The first-order chi connectivity index (χ1) is 50.8. The predicted octanol–water partition coefficient (Wildman–Crippen LogP) is 25.1. The quantitative estimate of drug-likeness (QED) is 0.128. The number of para-hydroxylation sites is 4. The molecule has 0 spiro atoms. The first kappa shape index (κ1) is 58.5. The molecule has 15 aromatic carbocycles. The molecule has 0 radical (unpaired) electrons. The molecule has 7 heteroatoms. The molecule has 5 aromatic heterocycles. The second-order valence-electron chi connectivity index (χ2n) is 27.9. The number of nitrogens with zero attached hydrogens (tertiary/aromatic N) is 7. The summed E-state index contributed by atoms with van der Waals surface area (Å²) in [7, 11) is 0. The molecule has 0 saturated heterocycles. The van der Waals surface area contributed by atoms with E-state index in [1.165, 1.54) is 81.5 Å². The summed E-state index contributed by atoms with van der Waals surface area (Å²) in [6.07, 6.45) is 2.00. The van der Waals surface area contributed by atoms with Gasteiger partial charge in [-0.15, -0.1) is 0 Å². The van der Waals surface area contributed by atoms with Crippen molar-refractivity contribution in [1.29, 1.82) is 0 Å². The van der Waals surface area contributed by atoms with Crippen LogP contribution < -0.4 is 4.90 Å². The van der Waals surface area contributed by atoms with Gasteiger partial charge in [-0.1, -0.05) is 232 Å². The number of hydrogen-bond acceptors (Lipinski definition) is 4. The predicted molar refractivity (Wildman–Crippen MR) is 429 cm³/mol. The number of benzene rings is 15. The molecule has 103 heavy (non-hydrogen) atoms. The van der Waals surface area contributed by atoms with Crippen molar-refractivity contribution in [3.63, 3.8) is 0 Å². The van der Waals surface area contributed by atoms with Crippen LogP contribution in [0.2, 0.25) is 0 Å². The van der Waals surface area contributed by atoms with E-state index in [1.807, 2.05) is 18.3 Å². The van der Waals surface area contributed by atoms with Gasteiger partial charge < -0.3 is 18.6 Å². The Kier molecular flexibility index (Phi) is 12.9. The zero-order valence-corrected chi connectivity index (χ0v) is 56.5. The molecule has 5 heterocycles. The van der Waals surface area contributed by atoms with Gasteiger partial charge in [0.1, 0.15) is 5.69 Å². The molecule has 20 aromatic rings. The van der Waals surface area contributed by atoms with Crippen molar-refractivity contribution in [2.75, 3.05) is 4.90 Å². The Balaban J connectivity index is 0.769. The number of anilines is 3. The Labute approximate surface area is 594 Å². The molecule has 0 saturated carbocycles. The van der Waals surface area contributed by atoms with Crippen LogP contribution in [0.5, 0.6) is 0 Å². The SMILES string of the molecule is CC1(C)c2cc3c4ccccc4c4ccccc4c3cc2-c2c1ccc1c2c2cc(-c3cccc(N(c4cccc(-n5c6ccccc6c6ccccc65)c4)c4cccc(-n5c6ccccc6c6ccccc65)c4)c3)ccc2n1-c1ccc(-c2nc(-c3ccccc3)cc(-c3ccccc3)n2)nc1. The second-order valence-corrected chi connectivity index (χ2v) is 27.9. The molecular formula is C96H63N7. The third-order valence-corrected chi connectivity index (χ3v) is 21.8. The van der Waals surface area contributed by atoms with E-state index < -0.39 is 0 Å². The molecule has 1 aliphatic carbocycles. The minimum absolute atomic E-state index is 0.322. The summed E-state index contributed by atoms with van der Waals surface area (Å²) in [6.45, 7) is 4.83. The average Bonchev–Trinajstić information content (AvgIpc) is 1.54. The zero-order valence-electron chi connectivity index (χ0n) is 56.5. The van der Waals surface area contributed by atoms with Gasteiger partial charge in [0.2, 0.25) is 0 Å². The summed E-state index contributed by atoms with van der Waals surface area (Å²) in [4.78, 5) is 18.1. The number of fused-ring (bicyclic) bond motifs is 19. The summed E-state index contributed by atoms with van der Waals surface area (Å²) in [5.74, 6) is 0.565. The molecule has 0 amide bonds. The van der Waals surface area contributed by atoms with Crippen molar-refractivity contribution in [2.24, 2.45) is 0 Å². The maximum atomic E-state index is 5.29. The van der Waals surface area contributed by atoms with Crippen LogP contribution in [0.25, 0.3) is 171 Å². The summed E-state index contributed by atoms with van der Waals surface area (Å²) in [6, 6.07) is 124. The highest BCUT2D eigenvalue weighted by Crippen LogP contribution is 2.56. The fourth-order valence-electron chi connectivity index (χ4n) is 17.1. The Bertz CT molecular complexity index is 6570. The lowest BCUT2D eigenvalue weighted by Gasteiger charge is -2.27. The number of hydrogen-bond donors (Lipinski definition) is 0. The molecule has 0 atom stereocenters. The van der Waals surface area contributed by atoms with E-state index in [-0.39, 0.29) is 5.41 Å². The molecule has 0 bridgehead atoms. The largest absolute Gasteiger partial charge is 0.310 e. The summed E-state index contributed by atoms with van der Waals surface area (Å²) in [5, 5.41) is 14.9. The van der Waals surface area contributed by atoms with Crippen LogP contribution in [0.4, 0.5) is 17.1 Å². The first-order valence-corrected chi connectivity index (χ1v) is 35.4. The molecule has 0 N–H and O–H groups in total. The van der Waals surface area contributed by atoms with E-state index in [0.717, 1.165) is 106 Å². The summed E-state index contributed by atoms with van der Waals surface area (Å²) < 4.78 is 7.25. The topological polar surface area (TPSA) is 56.7 Å². The molecule has 482 valence electrons. The third-order valence-electron chi connectivity index (χ3n) is 21.8. The van der Waals surface area contributed by atoms with E-state index in [9.17, 15) is 0 Å². The minimum Gasteiger partial charge on any atom is -0.310 e. The summed E-state index contributed by atoms with van der Waals surface area (Å²) >= 11 is 0. The molecule has 0 unspecified atom stereocenters. The van der Waals surface area contributed by atoms with Crippen molar-refractivity contribution >= 4 is 115 Å². The van der Waals surface area contributed by atoms with Gasteiger partial charge in [-0.2, -0.15) is 0 Å². The number of pyridine rings is 1. The fraction of sp³-hybridized carbons (Fsp3) is 0.0312. The van der Waals surface area contributed by atoms with E-state index in [4.69, 9.17) is 15.0 Å². The fourth-order valence-corrected chi connectivity index (χ4v) is 17.1. The monoisotopic (exact) mass is 1310 g/mol. The van der Waals surface area contributed by atoms with Crippen molar-refractivity contribution in [1.82, 2.24) is 28.7 Å². The lowest BCUT2D eigenvalue weighted by atomic mass is 9.81. The number of rotatable bonds is 10. The molecule has 1 aliphatic rings. The zero-order chi connectivity index (χ0) is 68.0. The van der Waals surface area contributed by atoms with Gasteiger partial charge in [-0.05, 0) is 187 Å². The van der Waals surface area contributed by atoms with E-state index in [1.54, 1.807) is 0 Å². The van der Waals surface area contributed by atoms with Crippen LogP contribution >= 0.6 is 0 Å². The average molecular weight is 1310 g/mol. The van der Waals surface area contributed by atoms with Crippen LogP contribution in [0.3, 0.4) is 0 Å². The van der Waals surface area contributed by atoms with Gasteiger partial charge in [-0.25, -0.2) is 9.97 Å². The Morgan fingerprint density at radius 2 is 0.699 bits per heavy atom. The van der Waals surface area contributed by atoms with Crippen LogP contribution in [-0.2, 0) is 5.41 Å². The Morgan fingerprint density at radius 3 is 1.22 bits per heavy atom. The van der Waals surface area contributed by atoms with Gasteiger partial charge in [0, 0.05) is 77.3 Å². The van der Waals surface area contributed by atoms with Gasteiger partial charge in [0.25, 0.3) is 0 Å². The molecule has 7 nitrogen and oxygen atoms in total. The van der Waals surface area contributed by atoms with E-state index >= 15 is 0 Å². The molecular weight excluding hydrogens is 1250 g/mol. The van der Waals surface area contributed by atoms with Crippen molar-refractivity contribution in [3.05, 3.63) is 357 Å². The third kappa shape index (κ3) is 9.05. The van der Waals surface area contributed by atoms with Crippen LogP contribution in [0.15, 0.2) is 346 Å². The maximum Gasteiger partial charge on any atom is 0.179 e. The highest BCUT2D eigenvalue weighted by atomic mass is 15.1. The van der Waals surface area contributed by atoms with E-state index in [2.05, 4.69) is 360 Å². The lowest BCUT2D eigenvalue weighted by molar-refractivity contribution is 0.661. The highest BCUT2D eigenvalue weighted by molar-refractivity contribution is 6.27. The molecule has 0 fully saturated rings. The smallest absolute Gasteiger partial charge is 0.179 e. The number of aromatic nitrogens is 6. The standard InChI is InChI=1S/C96H63N7/c1-96(2)82-48-51-92-94(93(82)80-56-78-72-36-11-9-34-70(72)71-35-10-12-37-73(71)79(78)57-83(80)96)81-53-63(46-50-91(81)103(92)69-47-49-84(97-59-69)95-98-85(60-24-5-3-6-25-60)58-86(99-95)61-26-7-4-8-27-61)62-28-21-29-64(52-62)100(65-30-22-32-67(54-65)101-87-42-17-13-38-74(87)75-39-14-18-43-88(75)101)66-31-23-33-68(55-66)102-89-44-19-15-40-76(89)77-41-16-20-45-90(77)102/h3-59H,1-2H3. The van der Waals surface area contributed by atoms with Crippen molar-refractivity contribution < 1.29 is 0 Å². The van der Waals surface area contributed by atoms with Gasteiger partial charge >= 0.3 is 0 Å². The van der Waals surface area contributed by atoms with Gasteiger partial charge in [0.15, 0.2) is 5.82 Å². The highest BCUT2D eigenvalue weighted by Gasteiger charge is 2.39.